The van der Waals surface area contributed by atoms with Gasteiger partial charge in [0, 0.05) is 35.3 Å². The highest BCUT2D eigenvalue weighted by Gasteiger charge is 2.11. The first-order valence-electron chi connectivity index (χ1n) is 8.07. The van der Waals surface area contributed by atoms with E-state index >= 15 is 0 Å². The van der Waals surface area contributed by atoms with Gasteiger partial charge < -0.3 is 10.6 Å². The second kappa shape index (κ2) is 7.93. The van der Waals surface area contributed by atoms with Crippen molar-refractivity contribution in [2.24, 2.45) is 0 Å². The number of anilines is 2. The summed E-state index contributed by atoms with van der Waals surface area (Å²) in [7, 11) is 0. The van der Waals surface area contributed by atoms with E-state index < -0.39 is 0 Å². The van der Waals surface area contributed by atoms with Crippen LogP contribution in [0.3, 0.4) is 0 Å². The van der Waals surface area contributed by atoms with Gasteiger partial charge in [0.2, 0.25) is 5.95 Å². The number of pyridine rings is 1. The summed E-state index contributed by atoms with van der Waals surface area (Å²) in [5, 5.41) is 6.57. The van der Waals surface area contributed by atoms with Crippen LogP contribution in [-0.2, 0) is 6.54 Å². The molecule has 0 unspecified atom stereocenters. The molecular weight excluding hydrogens is 350 g/mol. The summed E-state index contributed by atoms with van der Waals surface area (Å²) >= 11 is 6.14. The summed E-state index contributed by atoms with van der Waals surface area (Å²) in [4.78, 5) is 25.1. The Labute approximate surface area is 156 Å². The van der Waals surface area contributed by atoms with Gasteiger partial charge in [-0.15, -0.1) is 0 Å². The van der Waals surface area contributed by atoms with Gasteiger partial charge in [-0.3, -0.25) is 9.78 Å². The summed E-state index contributed by atoms with van der Waals surface area (Å²) in [5.74, 6) is 0.0702. The first-order valence-corrected chi connectivity index (χ1v) is 8.45. The van der Waals surface area contributed by atoms with Crippen LogP contribution in [0.15, 0.2) is 48.8 Å². The molecular formula is C19H18ClN5O. The maximum atomic E-state index is 12.4. The van der Waals surface area contributed by atoms with Crippen LogP contribution in [0, 0.1) is 13.8 Å². The van der Waals surface area contributed by atoms with Crippen molar-refractivity contribution in [2.45, 2.75) is 20.4 Å². The SMILES string of the molecule is Cc1cc(C(=O)NCc2cccnc2)nc(Nc2ccc(C)c(Cl)c2)n1. The average Bonchev–Trinajstić information content (AvgIpc) is 2.63. The lowest BCUT2D eigenvalue weighted by Crippen LogP contribution is -2.24. The predicted molar refractivity (Wildman–Crippen MR) is 102 cm³/mol. The van der Waals surface area contributed by atoms with Crippen molar-refractivity contribution in [2.75, 3.05) is 5.32 Å². The van der Waals surface area contributed by atoms with Crippen molar-refractivity contribution in [3.63, 3.8) is 0 Å². The fourth-order valence-electron chi connectivity index (χ4n) is 2.32. The molecule has 0 aliphatic carbocycles. The average molecular weight is 368 g/mol. The number of benzene rings is 1. The lowest BCUT2D eigenvalue weighted by Gasteiger charge is -2.10. The Bertz CT molecular complexity index is 930. The van der Waals surface area contributed by atoms with E-state index in [1.807, 2.05) is 38.1 Å². The number of hydrogen-bond donors (Lipinski definition) is 2. The highest BCUT2D eigenvalue weighted by molar-refractivity contribution is 6.31. The molecule has 2 aromatic heterocycles. The maximum absolute atomic E-state index is 12.4. The topological polar surface area (TPSA) is 79.8 Å². The Morgan fingerprint density at radius 3 is 2.73 bits per heavy atom. The monoisotopic (exact) mass is 367 g/mol. The Morgan fingerprint density at radius 1 is 1.15 bits per heavy atom. The molecule has 0 fully saturated rings. The molecule has 0 atom stereocenters. The number of nitrogens with zero attached hydrogens (tertiary/aromatic N) is 3. The summed E-state index contributed by atoms with van der Waals surface area (Å²) < 4.78 is 0. The van der Waals surface area contributed by atoms with Crippen LogP contribution in [0.2, 0.25) is 5.02 Å². The van der Waals surface area contributed by atoms with Crippen LogP contribution in [-0.4, -0.2) is 20.9 Å². The molecule has 0 saturated heterocycles. The van der Waals surface area contributed by atoms with Gasteiger partial charge in [0.15, 0.2) is 0 Å². The molecule has 0 aliphatic rings. The fraction of sp³-hybridized carbons (Fsp3) is 0.158. The van der Waals surface area contributed by atoms with Gasteiger partial charge in [-0.2, -0.15) is 0 Å². The first kappa shape index (κ1) is 17.8. The summed E-state index contributed by atoms with van der Waals surface area (Å²) in [5.41, 5.74) is 3.64. The zero-order valence-corrected chi connectivity index (χ0v) is 15.2. The highest BCUT2D eigenvalue weighted by Crippen LogP contribution is 2.22. The van der Waals surface area contributed by atoms with Gasteiger partial charge in [0.25, 0.3) is 5.91 Å². The van der Waals surface area contributed by atoms with E-state index in [9.17, 15) is 4.79 Å². The van der Waals surface area contributed by atoms with E-state index in [1.54, 1.807) is 24.5 Å². The normalized spacial score (nSPS) is 10.4. The number of carbonyl (C=O) groups is 1. The third-order valence-corrected chi connectivity index (χ3v) is 4.10. The van der Waals surface area contributed by atoms with Crippen LogP contribution in [0.4, 0.5) is 11.6 Å². The molecule has 132 valence electrons. The largest absolute Gasteiger partial charge is 0.347 e. The van der Waals surface area contributed by atoms with Crippen LogP contribution >= 0.6 is 11.6 Å². The van der Waals surface area contributed by atoms with Gasteiger partial charge in [-0.05, 0) is 49.2 Å². The minimum absolute atomic E-state index is 0.274. The molecule has 1 aromatic carbocycles. The molecule has 2 N–H and O–H groups in total. The number of nitrogens with one attached hydrogen (secondary N) is 2. The quantitative estimate of drug-likeness (QED) is 0.716. The van der Waals surface area contributed by atoms with Gasteiger partial charge in [0.05, 0.1) is 0 Å². The standard InChI is InChI=1S/C19H18ClN5O/c1-12-5-6-15(9-16(12)20)24-19-23-13(2)8-17(25-19)18(26)22-11-14-4-3-7-21-10-14/h3-10H,11H2,1-2H3,(H,22,26)(H,23,24,25). The molecule has 0 spiro atoms. The van der Waals surface area contributed by atoms with Crippen LogP contribution < -0.4 is 10.6 Å². The Hall–Kier alpha value is -2.99. The third-order valence-electron chi connectivity index (χ3n) is 3.69. The zero-order chi connectivity index (χ0) is 18.5. The lowest BCUT2D eigenvalue weighted by atomic mass is 10.2. The molecule has 6 nitrogen and oxygen atoms in total. The van der Waals surface area contributed by atoms with Gasteiger partial charge in [-0.1, -0.05) is 23.7 Å². The van der Waals surface area contributed by atoms with Crippen LogP contribution in [0.25, 0.3) is 0 Å². The number of rotatable bonds is 5. The Morgan fingerprint density at radius 2 is 2.00 bits per heavy atom. The molecule has 1 amide bonds. The molecule has 3 aromatic rings. The maximum Gasteiger partial charge on any atom is 0.270 e. The van der Waals surface area contributed by atoms with Crippen molar-refractivity contribution in [3.8, 4) is 0 Å². The number of carbonyl (C=O) groups excluding carboxylic acids is 1. The number of aryl methyl sites for hydroxylation is 2. The molecule has 26 heavy (non-hydrogen) atoms. The number of amides is 1. The summed E-state index contributed by atoms with van der Waals surface area (Å²) in [6, 6.07) is 10.9. The Balaban J connectivity index is 1.74. The Kier molecular flexibility index (Phi) is 5.43. The fourth-order valence-corrected chi connectivity index (χ4v) is 2.50. The van der Waals surface area contributed by atoms with E-state index in [4.69, 9.17) is 11.6 Å². The smallest absolute Gasteiger partial charge is 0.270 e. The minimum Gasteiger partial charge on any atom is -0.347 e. The van der Waals surface area contributed by atoms with Crippen LogP contribution in [0.5, 0.6) is 0 Å². The molecule has 0 saturated carbocycles. The van der Waals surface area contributed by atoms with E-state index in [1.165, 1.54) is 0 Å². The summed E-state index contributed by atoms with van der Waals surface area (Å²) in [6.07, 6.45) is 3.40. The van der Waals surface area contributed by atoms with Gasteiger partial charge >= 0.3 is 0 Å². The second-order valence-corrected chi connectivity index (χ2v) is 6.26. The lowest BCUT2D eigenvalue weighted by molar-refractivity contribution is 0.0945. The number of hydrogen-bond acceptors (Lipinski definition) is 5. The zero-order valence-electron chi connectivity index (χ0n) is 14.5. The van der Waals surface area contributed by atoms with E-state index in [0.717, 1.165) is 16.8 Å². The molecule has 0 bridgehead atoms. The van der Waals surface area contributed by atoms with Crippen molar-refractivity contribution in [1.82, 2.24) is 20.3 Å². The molecule has 0 radical (unpaired) electrons. The molecule has 3 rings (SSSR count). The number of aromatic nitrogens is 3. The van der Waals surface area contributed by atoms with Crippen molar-refractivity contribution in [3.05, 3.63) is 76.3 Å². The second-order valence-electron chi connectivity index (χ2n) is 5.85. The van der Waals surface area contributed by atoms with E-state index in [2.05, 4.69) is 25.6 Å². The van der Waals surface area contributed by atoms with Crippen molar-refractivity contribution < 1.29 is 4.79 Å². The van der Waals surface area contributed by atoms with Crippen molar-refractivity contribution in [1.29, 1.82) is 0 Å². The third kappa shape index (κ3) is 4.55. The van der Waals surface area contributed by atoms with E-state index in [0.29, 0.717) is 28.9 Å². The highest BCUT2D eigenvalue weighted by atomic mass is 35.5. The summed E-state index contributed by atoms with van der Waals surface area (Å²) in [6.45, 7) is 4.12. The molecule has 2 heterocycles. The first-order chi connectivity index (χ1) is 12.5. The van der Waals surface area contributed by atoms with Crippen molar-refractivity contribution >= 4 is 29.1 Å². The predicted octanol–water partition coefficient (Wildman–Crippen LogP) is 3.82. The minimum atomic E-state index is -0.274. The number of halogens is 1. The molecule has 7 heteroatoms. The van der Waals surface area contributed by atoms with Gasteiger partial charge in [0.1, 0.15) is 5.69 Å². The van der Waals surface area contributed by atoms with E-state index in [-0.39, 0.29) is 5.91 Å². The molecule has 0 aliphatic heterocycles. The van der Waals surface area contributed by atoms with Gasteiger partial charge in [-0.25, -0.2) is 9.97 Å². The van der Waals surface area contributed by atoms with Crippen LogP contribution in [0.1, 0.15) is 27.3 Å².